The molecule has 1 N–H and O–H groups in total. The third-order valence-electron chi connectivity index (χ3n) is 2.36. The number of rotatable bonds is 2. The van der Waals surface area contributed by atoms with Crippen LogP contribution in [0.25, 0.3) is 0 Å². The number of ketones is 1. The molecule has 1 aliphatic rings. The SMILES string of the molecule is O=C1CCC(O)=C1N=Nc1c(Br)cc(Br)cc1Br. The minimum Gasteiger partial charge on any atom is -0.510 e. The summed E-state index contributed by atoms with van der Waals surface area (Å²) in [6.07, 6.45) is 0.638. The van der Waals surface area contributed by atoms with E-state index in [1.165, 1.54) is 0 Å². The molecule has 0 unspecified atom stereocenters. The normalized spacial score (nSPS) is 16.1. The first kappa shape index (κ1) is 13.9. The topological polar surface area (TPSA) is 62.0 Å². The minimum atomic E-state index is -0.180. The van der Waals surface area contributed by atoms with Gasteiger partial charge in [0.1, 0.15) is 11.4 Å². The number of halogens is 3. The average molecular weight is 439 g/mol. The summed E-state index contributed by atoms with van der Waals surface area (Å²) in [5.74, 6) is -0.172. The Kier molecular flexibility index (Phi) is 4.34. The lowest BCUT2D eigenvalue weighted by Gasteiger charge is -2.02. The highest BCUT2D eigenvalue weighted by molar-refractivity contribution is 9.11. The van der Waals surface area contributed by atoms with Crippen LogP contribution in [-0.4, -0.2) is 10.9 Å². The zero-order valence-electron chi connectivity index (χ0n) is 8.95. The van der Waals surface area contributed by atoms with Gasteiger partial charge in [-0.05, 0) is 44.0 Å². The Morgan fingerprint density at radius 3 is 2.17 bits per heavy atom. The van der Waals surface area contributed by atoms with Crippen molar-refractivity contribution >= 4 is 59.3 Å². The van der Waals surface area contributed by atoms with Crippen LogP contribution in [0.5, 0.6) is 0 Å². The summed E-state index contributed by atoms with van der Waals surface area (Å²) in [6, 6.07) is 3.65. The molecule has 0 radical (unpaired) electrons. The van der Waals surface area contributed by atoms with Crippen molar-refractivity contribution < 1.29 is 9.90 Å². The van der Waals surface area contributed by atoms with Gasteiger partial charge in [0, 0.05) is 26.3 Å². The Hall–Kier alpha value is -0.530. The fourth-order valence-electron chi connectivity index (χ4n) is 1.47. The van der Waals surface area contributed by atoms with E-state index in [0.29, 0.717) is 18.5 Å². The zero-order valence-corrected chi connectivity index (χ0v) is 13.7. The number of hydrogen-bond donors (Lipinski definition) is 1. The molecule has 0 saturated heterocycles. The number of hydrogen-bond acceptors (Lipinski definition) is 4. The fourth-order valence-corrected chi connectivity index (χ4v) is 3.89. The standard InChI is InChI=1S/C11H7Br3N2O2/c12-5-3-6(13)10(7(14)4-5)15-16-11-8(17)1-2-9(11)18/h3-4,17H,1-2H2. The van der Waals surface area contributed by atoms with E-state index in [9.17, 15) is 9.90 Å². The maximum atomic E-state index is 11.4. The van der Waals surface area contributed by atoms with Gasteiger partial charge in [0.05, 0.1) is 0 Å². The van der Waals surface area contributed by atoms with Crippen molar-refractivity contribution in [1.82, 2.24) is 0 Å². The van der Waals surface area contributed by atoms with Crippen molar-refractivity contribution in [2.75, 3.05) is 0 Å². The molecule has 0 amide bonds. The van der Waals surface area contributed by atoms with Gasteiger partial charge in [0.25, 0.3) is 0 Å². The van der Waals surface area contributed by atoms with Crippen LogP contribution >= 0.6 is 47.8 Å². The summed E-state index contributed by atoms with van der Waals surface area (Å²) in [6.45, 7) is 0. The van der Waals surface area contributed by atoms with E-state index in [4.69, 9.17) is 0 Å². The Morgan fingerprint density at radius 2 is 1.67 bits per heavy atom. The van der Waals surface area contributed by atoms with E-state index < -0.39 is 0 Å². The summed E-state index contributed by atoms with van der Waals surface area (Å²) in [5.41, 5.74) is 0.620. The second kappa shape index (κ2) is 5.63. The molecule has 4 nitrogen and oxygen atoms in total. The molecular formula is C11H7Br3N2O2. The molecule has 0 fully saturated rings. The van der Waals surface area contributed by atoms with Gasteiger partial charge in [0.15, 0.2) is 11.5 Å². The van der Waals surface area contributed by atoms with Gasteiger partial charge in [-0.2, -0.15) is 0 Å². The lowest BCUT2D eigenvalue weighted by molar-refractivity contribution is -0.114. The van der Waals surface area contributed by atoms with Crippen molar-refractivity contribution in [3.05, 3.63) is 37.0 Å². The van der Waals surface area contributed by atoms with E-state index in [1.807, 2.05) is 12.1 Å². The number of Topliss-reactive ketones (excluding diaryl/α,β-unsaturated/α-hetero) is 1. The van der Waals surface area contributed by atoms with Crippen molar-refractivity contribution in [3.8, 4) is 0 Å². The zero-order chi connectivity index (χ0) is 13.3. The van der Waals surface area contributed by atoms with Crippen LogP contribution in [0.2, 0.25) is 0 Å². The molecule has 2 rings (SSSR count). The second-order valence-electron chi connectivity index (χ2n) is 3.64. The van der Waals surface area contributed by atoms with Crippen molar-refractivity contribution in [2.45, 2.75) is 12.8 Å². The lowest BCUT2D eigenvalue weighted by Crippen LogP contribution is -1.92. The monoisotopic (exact) mass is 436 g/mol. The first-order valence-electron chi connectivity index (χ1n) is 5.00. The highest BCUT2D eigenvalue weighted by atomic mass is 79.9. The highest BCUT2D eigenvalue weighted by Gasteiger charge is 2.22. The molecule has 1 aliphatic carbocycles. The molecule has 0 aliphatic heterocycles. The summed E-state index contributed by atoms with van der Waals surface area (Å²) in [5, 5.41) is 17.3. The predicted octanol–water partition coefficient (Wildman–Crippen LogP) is 5.19. The lowest BCUT2D eigenvalue weighted by atomic mass is 10.3. The van der Waals surface area contributed by atoms with E-state index in [2.05, 4.69) is 58.0 Å². The van der Waals surface area contributed by atoms with E-state index in [-0.39, 0.29) is 17.2 Å². The van der Waals surface area contributed by atoms with Crippen molar-refractivity contribution in [3.63, 3.8) is 0 Å². The van der Waals surface area contributed by atoms with Crippen LogP contribution in [-0.2, 0) is 4.79 Å². The molecule has 0 spiro atoms. The molecule has 0 atom stereocenters. The van der Waals surface area contributed by atoms with E-state index in [1.54, 1.807) is 0 Å². The molecule has 94 valence electrons. The van der Waals surface area contributed by atoms with Crippen molar-refractivity contribution in [1.29, 1.82) is 0 Å². The molecule has 1 aromatic rings. The fraction of sp³-hybridized carbons (Fsp3) is 0.182. The molecule has 0 saturated carbocycles. The largest absolute Gasteiger partial charge is 0.510 e. The highest BCUT2D eigenvalue weighted by Crippen LogP contribution is 2.37. The van der Waals surface area contributed by atoms with Gasteiger partial charge < -0.3 is 5.11 Å². The van der Waals surface area contributed by atoms with Crippen LogP contribution in [0.15, 0.2) is 47.2 Å². The van der Waals surface area contributed by atoms with Gasteiger partial charge in [-0.15, -0.1) is 10.2 Å². The van der Waals surface area contributed by atoms with Crippen molar-refractivity contribution in [2.24, 2.45) is 10.2 Å². The minimum absolute atomic E-state index is 0.00751. The van der Waals surface area contributed by atoms with Gasteiger partial charge in [-0.3, -0.25) is 4.79 Å². The summed E-state index contributed by atoms with van der Waals surface area (Å²) < 4.78 is 2.36. The Morgan fingerprint density at radius 1 is 1.06 bits per heavy atom. The number of carbonyl (C=O) groups is 1. The first-order chi connectivity index (χ1) is 8.49. The molecule has 7 heteroatoms. The third kappa shape index (κ3) is 2.89. The number of azo groups is 1. The van der Waals surface area contributed by atoms with Gasteiger partial charge in [0.2, 0.25) is 0 Å². The number of allylic oxidation sites excluding steroid dienone is 2. The van der Waals surface area contributed by atoms with Crippen LogP contribution in [0.1, 0.15) is 12.8 Å². The number of nitrogens with zero attached hydrogens (tertiary/aromatic N) is 2. The average Bonchev–Trinajstić information content (AvgIpc) is 2.58. The van der Waals surface area contributed by atoms with E-state index in [0.717, 1.165) is 13.4 Å². The van der Waals surface area contributed by atoms with Crippen LogP contribution in [0.4, 0.5) is 5.69 Å². The third-order valence-corrected chi connectivity index (χ3v) is 4.02. The predicted molar refractivity (Wildman–Crippen MR) is 78.0 cm³/mol. The number of aliphatic hydroxyl groups excluding tert-OH is 1. The number of carbonyl (C=O) groups excluding carboxylic acids is 1. The van der Waals surface area contributed by atoms with E-state index >= 15 is 0 Å². The molecule has 0 aromatic heterocycles. The summed E-state index contributed by atoms with van der Waals surface area (Å²) in [4.78, 5) is 11.4. The number of aliphatic hydroxyl groups is 1. The van der Waals surface area contributed by atoms with Gasteiger partial charge in [-0.25, -0.2) is 0 Å². The Labute approximate surface area is 129 Å². The molecular weight excluding hydrogens is 432 g/mol. The maximum Gasteiger partial charge on any atom is 0.186 e. The first-order valence-corrected chi connectivity index (χ1v) is 7.38. The summed E-state index contributed by atoms with van der Waals surface area (Å²) in [7, 11) is 0. The maximum absolute atomic E-state index is 11.4. The Bertz CT molecular complexity index is 559. The Balaban J connectivity index is 2.36. The molecule has 0 bridgehead atoms. The molecule has 18 heavy (non-hydrogen) atoms. The number of benzene rings is 1. The smallest absolute Gasteiger partial charge is 0.186 e. The summed E-state index contributed by atoms with van der Waals surface area (Å²) >= 11 is 10.1. The van der Waals surface area contributed by atoms with Crippen LogP contribution < -0.4 is 0 Å². The van der Waals surface area contributed by atoms with Crippen LogP contribution in [0.3, 0.4) is 0 Å². The second-order valence-corrected chi connectivity index (χ2v) is 6.26. The van der Waals surface area contributed by atoms with Gasteiger partial charge >= 0.3 is 0 Å². The van der Waals surface area contributed by atoms with Crippen LogP contribution in [0, 0.1) is 0 Å². The molecule has 1 aromatic carbocycles. The van der Waals surface area contributed by atoms with Gasteiger partial charge in [-0.1, -0.05) is 15.9 Å². The quantitative estimate of drug-likeness (QED) is 0.646. The molecule has 0 heterocycles.